The van der Waals surface area contributed by atoms with Crippen LogP contribution in [0.4, 0.5) is 0 Å². The summed E-state index contributed by atoms with van der Waals surface area (Å²) in [5, 5.41) is 0.634. The van der Waals surface area contributed by atoms with Gasteiger partial charge in [-0.05, 0) is 41.0 Å². The van der Waals surface area contributed by atoms with Gasteiger partial charge in [-0.15, -0.1) is 0 Å². The molecule has 0 saturated heterocycles. The fraction of sp³-hybridized carbons (Fsp3) is 0.0370. The molecule has 0 unspecified atom stereocenters. The van der Waals surface area contributed by atoms with E-state index in [2.05, 4.69) is 53.1 Å². The van der Waals surface area contributed by atoms with Crippen LogP contribution in [0.2, 0.25) is 0 Å². The minimum atomic E-state index is -0.0324. The Bertz CT molecular complexity index is 1610. The van der Waals surface area contributed by atoms with Crippen molar-refractivity contribution in [3.05, 3.63) is 119 Å². The number of hydrogen-bond acceptors (Lipinski definition) is 2. The summed E-state index contributed by atoms with van der Waals surface area (Å²) in [5.41, 5.74) is 6.10. The molecule has 0 saturated carbocycles. The van der Waals surface area contributed by atoms with E-state index in [1.807, 2.05) is 54.6 Å². The standard InChI is InChI=1S/C27H19N3O/c31-26-22-10-4-5-11-23(22)28-27-29(24-12-6-7-13-25(24)30(26)27)18-19-14-16-21(17-15-19)20-8-2-1-3-9-20/h1-17H,18H2. The Balaban J connectivity index is 1.53. The maximum atomic E-state index is 13.3. The smallest absolute Gasteiger partial charge is 0.267 e. The minimum Gasteiger partial charge on any atom is -0.305 e. The van der Waals surface area contributed by atoms with Crippen molar-refractivity contribution in [2.24, 2.45) is 0 Å². The molecule has 6 aromatic rings. The maximum Gasteiger partial charge on any atom is 0.267 e. The van der Waals surface area contributed by atoms with E-state index >= 15 is 0 Å². The SMILES string of the molecule is O=c1c2ccccc2nc2n(Cc3ccc(-c4ccccc4)cc3)c3ccccc3n12. The predicted octanol–water partition coefficient (Wildman–Crippen LogP) is 5.52. The molecule has 6 rings (SSSR count). The molecule has 0 spiro atoms. The molecule has 0 amide bonds. The quantitative estimate of drug-likeness (QED) is 0.392. The zero-order valence-corrected chi connectivity index (χ0v) is 16.8. The van der Waals surface area contributed by atoms with Gasteiger partial charge in [0, 0.05) is 0 Å². The number of imidazole rings is 1. The zero-order valence-electron chi connectivity index (χ0n) is 16.8. The van der Waals surface area contributed by atoms with E-state index in [9.17, 15) is 4.79 Å². The molecule has 0 radical (unpaired) electrons. The molecule has 0 atom stereocenters. The van der Waals surface area contributed by atoms with Crippen molar-refractivity contribution in [3.63, 3.8) is 0 Å². The van der Waals surface area contributed by atoms with Gasteiger partial charge in [-0.25, -0.2) is 9.38 Å². The van der Waals surface area contributed by atoms with Crippen LogP contribution in [0.25, 0.3) is 38.8 Å². The first kappa shape index (κ1) is 17.7. The van der Waals surface area contributed by atoms with Gasteiger partial charge in [-0.2, -0.15) is 0 Å². The highest BCUT2D eigenvalue weighted by Gasteiger charge is 2.15. The predicted molar refractivity (Wildman–Crippen MR) is 125 cm³/mol. The van der Waals surface area contributed by atoms with E-state index in [0.29, 0.717) is 17.7 Å². The highest BCUT2D eigenvalue weighted by molar-refractivity contribution is 5.86. The highest BCUT2D eigenvalue weighted by Crippen LogP contribution is 2.23. The van der Waals surface area contributed by atoms with Crippen molar-refractivity contribution in [1.29, 1.82) is 0 Å². The molecule has 2 aromatic heterocycles. The van der Waals surface area contributed by atoms with Crippen LogP contribution in [0.3, 0.4) is 0 Å². The monoisotopic (exact) mass is 401 g/mol. The zero-order chi connectivity index (χ0) is 20.8. The maximum absolute atomic E-state index is 13.3. The average Bonchev–Trinajstić information content (AvgIpc) is 3.14. The molecule has 0 fully saturated rings. The van der Waals surface area contributed by atoms with Gasteiger partial charge >= 0.3 is 0 Å². The van der Waals surface area contributed by atoms with Crippen molar-refractivity contribution in [2.75, 3.05) is 0 Å². The number of benzene rings is 4. The number of aromatic nitrogens is 3. The lowest BCUT2D eigenvalue weighted by Crippen LogP contribution is -2.15. The Labute approximate surface area is 178 Å². The molecule has 148 valence electrons. The van der Waals surface area contributed by atoms with Crippen molar-refractivity contribution in [2.45, 2.75) is 6.54 Å². The molecule has 0 aliphatic carbocycles. The van der Waals surface area contributed by atoms with Crippen LogP contribution in [-0.2, 0) is 6.54 Å². The number of fused-ring (bicyclic) bond motifs is 4. The lowest BCUT2D eigenvalue weighted by atomic mass is 10.0. The van der Waals surface area contributed by atoms with Crippen LogP contribution in [0, 0.1) is 0 Å². The lowest BCUT2D eigenvalue weighted by molar-refractivity contribution is 0.838. The number of hydrogen-bond donors (Lipinski definition) is 0. The molecule has 0 aliphatic rings. The van der Waals surface area contributed by atoms with E-state index in [-0.39, 0.29) is 5.56 Å². The summed E-state index contributed by atoms with van der Waals surface area (Å²) in [4.78, 5) is 18.1. The van der Waals surface area contributed by atoms with Crippen LogP contribution >= 0.6 is 0 Å². The second-order valence-corrected chi connectivity index (χ2v) is 7.71. The van der Waals surface area contributed by atoms with Gasteiger partial charge in [0.2, 0.25) is 5.78 Å². The van der Waals surface area contributed by atoms with E-state index in [4.69, 9.17) is 4.98 Å². The summed E-state index contributed by atoms with van der Waals surface area (Å²) in [7, 11) is 0. The third-order valence-electron chi connectivity index (χ3n) is 5.81. The fourth-order valence-corrected chi connectivity index (χ4v) is 4.28. The van der Waals surface area contributed by atoms with Crippen molar-refractivity contribution < 1.29 is 0 Å². The van der Waals surface area contributed by atoms with Crippen molar-refractivity contribution >= 4 is 27.7 Å². The number of para-hydroxylation sites is 3. The van der Waals surface area contributed by atoms with Crippen LogP contribution in [0.5, 0.6) is 0 Å². The normalized spacial score (nSPS) is 11.5. The Morgan fingerprint density at radius 2 is 1.29 bits per heavy atom. The second-order valence-electron chi connectivity index (χ2n) is 7.71. The first-order valence-electron chi connectivity index (χ1n) is 10.3. The topological polar surface area (TPSA) is 39.3 Å². The molecule has 2 heterocycles. The summed E-state index contributed by atoms with van der Waals surface area (Å²) in [6.07, 6.45) is 0. The van der Waals surface area contributed by atoms with Gasteiger partial charge < -0.3 is 4.57 Å². The second kappa shape index (κ2) is 6.96. The average molecular weight is 401 g/mol. The number of rotatable bonds is 3. The van der Waals surface area contributed by atoms with Gasteiger partial charge in [0.15, 0.2) is 0 Å². The molecule has 0 N–H and O–H groups in total. The van der Waals surface area contributed by atoms with Gasteiger partial charge in [-0.3, -0.25) is 4.79 Å². The Hall–Kier alpha value is -4.18. The van der Waals surface area contributed by atoms with Gasteiger partial charge in [0.05, 0.1) is 28.5 Å². The molecule has 4 nitrogen and oxygen atoms in total. The van der Waals surface area contributed by atoms with E-state index in [1.54, 1.807) is 4.40 Å². The first-order chi connectivity index (χ1) is 15.3. The van der Waals surface area contributed by atoms with E-state index in [0.717, 1.165) is 22.1 Å². The van der Waals surface area contributed by atoms with Gasteiger partial charge in [-0.1, -0.05) is 78.9 Å². The summed E-state index contributed by atoms with van der Waals surface area (Å²) in [6, 6.07) is 34.5. The molecule has 0 bridgehead atoms. The summed E-state index contributed by atoms with van der Waals surface area (Å²) < 4.78 is 3.86. The van der Waals surface area contributed by atoms with Crippen LogP contribution in [0.1, 0.15) is 5.56 Å². The molecule has 4 heteroatoms. The fourth-order valence-electron chi connectivity index (χ4n) is 4.28. The molecular formula is C27H19N3O. The lowest BCUT2D eigenvalue weighted by Gasteiger charge is -2.08. The molecule has 4 aromatic carbocycles. The Kier molecular flexibility index (Phi) is 3.96. The Morgan fingerprint density at radius 1 is 0.645 bits per heavy atom. The van der Waals surface area contributed by atoms with Crippen molar-refractivity contribution in [1.82, 2.24) is 14.0 Å². The third-order valence-corrected chi connectivity index (χ3v) is 5.81. The molecule has 0 aliphatic heterocycles. The molecule has 31 heavy (non-hydrogen) atoms. The number of nitrogens with zero attached hydrogens (tertiary/aromatic N) is 3. The highest BCUT2D eigenvalue weighted by atomic mass is 16.1. The Morgan fingerprint density at radius 3 is 2.10 bits per heavy atom. The van der Waals surface area contributed by atoms with Crippen LogP contribution in [0.15, 0.2) is 108 Å². The van der Waals surface area contributed by atoms with Crippen molar-refractivity contribution in [3.8, 4) is 11.1 Å². The largest absolute Gasteiger partial charge is 0.305 e. The summed E-state index contributed by atoms with van der Waals surface area (Å²) in [6.45, 7) is 0.636. The molecular weight excluding hydrogens is 382 g/mol. The van der Waals surface area contributed by atoms with Crippen LogP contribution < -0.4 is 5.56 Å². The summed E-state index contributed by atoms with van der Waals surface area (Å²) >= 11 is 0. The van der Waals surface area contributed by atoms with Crippen LogP contribution in [-0.4, -0.2) is 14.0 Å². The third kappa shape index (κ3) is 2.84. The van der Waals surface area contributed by atoms with Gasteiger partial charge in [0.25, 0.3) is 5.56 Å². The minimum absolute atomic E-state index is 0.0324. The van der Waals surface area contributed by atoms with Gasteiger partial charge in [0.1, 0.15) is 0 Å². The van der Waals surface area contributed by atoms with E-state index < -0.39 is 0 Å². The summed E-state index contributed by atoms with van der Waals surface area (Å²) in [5.74, 6) is 0.664. The first-order valence-corrected chi connectivity index (χ1v) is 10.3. The van der Waals surface area contributed by atoms with E-state index in [1.165, 1.54) is 11.1 Å².